The van der Waals surface area contributed by atoms with Crippen LogP contribution in [0, 0.1) is 5.92 Å². The minimum atomic E-state index is -1.43. The van der Waals surface area contributed by atoms with E-state index >= 15 is 0 Å². The summed E-state index contributed by atoms with van der Waals surface area (Å²) in [6.45, 7) is -0.476. The number of aliphatic hydroxyl groups is 4. The molecule has 4 N–H and O–H groups in total. The molecule has 0 amide bonds. The van der Waals surface area contributed by atoms with Gasteiger partial charge in [0.1, 0.15) is 35.5 Å². The third-order valence-corrected chi connectivity index (χ3v) is 8.82. The Morgan fingerprint density at radius 2 is 1.85 bits per heavy atom. The smallest absolute Gasteiger partial charge is 0.153 e. The molecule has 7 atom stereocenters. The van der Waals surface area contributed by atoms with Gasteiger partial charge in [-0.1, -0.05) is 65.5 Å². The van der Waals surface area contributed by atoms with E-state index in [0.29, 0.717) is 28.2 Å². The fourth-order valence-electron chi connectivity index (χ4n) is 4.23. The molecule has 10 heteroatoms. The SMILES string of the molecule is OC[C@H]1O[C@@H](c2ccc(Cl)c(Cc3nnc(C4=CC5C=CC=CC5S4)s3)c2)[C@H](O)[C@@H](O)[C@@H]1O. The van der Waals surface area contributed by atoms with Gasteiger partial charge < -0.3 is 25.2 Å². The molecule has 0 radical (unpaired) electrons. The van der Waals surface area contributed by atoms with Gasteiger partial charge in [0.15, 0.2) is 5.01 Å². The van der Waals surface area contributed by atoms with E-state index in [1.807, 2.05) is 0 Å². The van der Waals surface area contributed by atoms with Crippen molar-refractivity contribution in [1.82, 2.24) is 10.2 Å². The van der Waals surface area contributed by atoms with Gasteiger partial charge in [0.25, 0.3) is 0 Å². The third-order valence-electron chi connectivity index (χ3n) is 6.04. The number of thioether (sulfide) groups is 1. The first kappa shape index (κ1) is 23.2. The van der Waals surface area contributed by atoms with Crippen molar-refractivity contribution in [3.8, 4) is 0 Å². The van der Waals surface area contributed by atoms with Crippen LogP contribution in [-0.2, 0) is 11.2 Å². The van der Waals surface area contributed by atoms with Crippen LogP contribution in [0.4, 0.5) is 0 Å². The molecule has 3 heterocycles. The molecule has 1 aliphatic carbocycles. The first-order valence-corrected chi connectivity index (χ1v) is 12.7. The van der Waals surface area contributed by atoms with Gasteiger partial charge in [-0.25, -0.2) is 0 Å². The topological polar surface area (TPSA) is 116 Å². The van der Waals surface area contributed by atoms with Crippen LogP contribution in [0.15, 0.2) is 48.6 Å². The van der Waals surface area contributed by atoms with Gasteiger partial charge in [0.2, 0.25) is 0 Å². The molecule has 0 bridgehead atoms. The molecule has 1 aromatic heterocycles. The molecular weight excluding hydrogens is 484 g/mol. The molecule has 5 rings (SSSR count). The predicted octanol–water partition coefficient (Wildman–Crippen LogP) is 2.50. The molecular formula is C23H23ClN2O5S2. The van der Waals surface area contributed by atoms with Crippen molar-refractivity contribution >= 4 is 39.6 Å². The molecule has 7 nitrogen and oxygen atoms in total. The van der Waals surface area contributed by atoms with Gasteiger partial charge in [0.05, 0.1) is 6.61 Å². The third kappa shape index (κ3) is 4.56. The standard InChI is InChI=1S/C23H23ClN2O5S2/c24-14-6-5-12(22-21(30)20(29)19(28)15(10-27)31-22)7-13(14)9-18-25-26-23(33-18)17-8-11-3-1-2-4-16(11)32-17/h1-8,11,15-16,19-22,27-30H,9-10H2/t11?,15-,16?,19-,20+,21-,22+/m1/s1. The van der Waals surface area contributed by atoms with Gasteiger partial charge in [-0.05, 0) is 17.2 Å². The van der Waals surface area contributed by atoms with E-state index in [4.69, 9.17) is 16.3 Å². The predicted molar refractivity (Wildman–Crippen MR) is 128 cm³/mol. The van der Waals surface area contributed by atoms with Crippen molar-refractivity contribution in [1.29, 1.82) is 0 Å². The highest BCUT2D eigenvalue weighted by atomic mass is 35.5. The molecule has 1 aromatic carbocycles. The van der Waals surface area contributed by atoms with Gasteiger partial charge in [-0.15, -0.1) is 22.0 Å². The zero-order valence-electron chi connectivity index (χ0n) is 17.4. The average Bonchev–Trinajstić information content (AvgIpc) is 3.46. The van der Waals surface area contributed by atoms with Gasteiger partial charge in [0, 0.05) is 27.5 Å². The number of aliphatic hydroxyl groups excluding tert-OH is 4. The van der Waals surface area contributed by atoms with Crippen molar-refractivity contribution in [2.45, 2.75) is 42.2 Å². The number of benzene rings is 1. The molecule has 174 valence electrons. The number of rotatable bonds is 5. The molecule has 0 saturated carbocycles. The van der Waals surface area contributed by atoms with E-state index in [0.717, 1.165) is 20.5 Å². The number of allylic oxidation sites excluding steroid dienone is 4. The molecule has 1 fully saturated rings. The summed E-state index contributed by atoms with van der Waals surface area (Å²) in [5.41, 5.74) is 1.37. The van der Waals surface area contributed by atoms with Crippen LogP contribution in [0.25, 0.3) is 4.91 Å². The first-order chi connectivity index (χ1) is 15.9. The summed E-state index contributed by atoms with van der Waals surface area (Å²) >= 11 is 9.75. The van der Waals surface area contributed by atoms with Crippen LogP contribution < -0.4 is 0 Å². The van der Waals surface area contributed by atoms with Crippen molar-refractivity contribution in [2.24, 2.45) is 5.92 Å². The van der Waals surface area contributed by atoms with Gasteiger partial charge >= 0.3 is 0 Å². The van der Waals surface area contributed by atoms with Gasteiger partial charge in [-0.2, -0.15) is 0 Å². The number of hydrogen-bond acceptors (Lipinski definition) is 9. The van der Waals surface area contributed by atoms with E-state index in [2.05, 4.69) is 40.6 Å². The monoisotopic (exact) mass is 506 g/mol. The second kappa shape index (κ2) is 9.59. The largest absolute Gasteiger partial charge is 0.394 e. The number of aromatic nitrogens is 2. The van der Waals surface area contributed by atoms with Crippen molar-refractivity contribution in [3.05, 3.63) is 74.7 Å². The van der Waals surface area contributed by atoms with E-state index in [1.165, 1.54) is 11.3 Å². The Morgan fingerprint density at radius 3 is 2.64 bits per heavy atom. The Hall–Kier alpha value is -1.56. The Bertz CT molecular complexity index is 1120. The number of ether oxygens (including phenoxy) is 1. The van der Waals surface area contributed by atoms with Crippen LogP contribution in [0.5, 0.6) is 0 Å². The first-order valence-electron chi connectivity index (χ1n) is 10.6. The van der Waals surface area contributed by atoms with Crippen LogP contribution in [0.3, 0.4) is 0 Å². The Labute approximate surface area is 204 Å². The summed E-state index contributed by atoms with van der Waals surface area (Å²) in [6.07, 6.45) is 5.15. The summed E-state index contributed by atoms with van der Waals surface area (Å²) in [5, 5.41) is 51.4. The average molecular weight is 507 g/mol. The van der Waals surface area contributed by atoms with E-state index in [-0.39, 0.29) is 0 Å². The Morgan fingerprint density at radius 1 is 1.03 bits per heavy atom. The number of nitrogens with zero attached hydrogens (tertiary/aromatic N) is 2. The molecule has 0 spiro atoms. The summed E-state index contributed by atoms with van der Waals surface area (Å²) in [7, 11) is 0. The number of hydrogen-bond donors (Lipinski definition) is 4. The second-order valence-corrected chi connectivity index (χ2v) is 10.9. The molecule has 3 aliphatic rings. The summed E-state index contributed by atoms with van der Waals surface area (Å²) in [4.78, 5) is 1.13. The van der Waals surface area contributed by atoms with Gasteiger partial charge in [-0.3, -0.25) is 0 Å². The van der Waals surface area contributed by atoms with Crippen LogP contribution in [0.2, 0.25) is 5.02 Å². The van der Waals surface area contributed by atoms with Crippen LogP contribution in [-0.4, -0.2) is 66.9 Å². The highest BCUT2D eigenvalue weighted by Crippen LogP contribution is 2.45. The zero-order valence-corrected chi connectivity index (χ0v) is 19.7. The second-order valence-electron chi connectivity index (χ2n) is 8.24. The van der Waals surface area contributed by atoms with Crippen molar-refractivity contribution < 1.29 is 25.2 Å². The van der Waals surface area contributed by atoms with Crippen LogP contribution >= 0.6 is 34.7 Å². The maximum absolute atomic E-state index is 10.4. The lowest BCUT2D eigenvalue weighted by Gasteiger charge is -2.40. The van der Waals surface area contributed by atoms with Crippen molar-refractivity contribution in [3.63, 3.8) is 0 Å². The maximum Gasteiger partial charge on any atom is 0.153 e. The lowest BCUT2D eigenvalue weighted by molar-refractivity contribution is -0.231. The minimum absolute atomic E-state index is 0.381. The van der Waals surface area contributed by atoms with E-state index < -0.39 is 37.1 Å². The molecule has 33 heavy (non-hydrogen) atoms. The zero-order chi connectivity index (χ0) is 23.1. The van der Waals surface area contributed by atoms with Crippen LogP contribution in [0.1, 0.15) is 27.2 Å². The lowest BCUT2D eigenvalue weighted by atomic mass is 9.90. The number of halogens is 1. The molecule has 1 saturated heterocycles. The summed E-state index contributed by atoms with van der Waals surface area (Å²) in [5.74, 6) is 0.381. The Balaban J connectivity index is 1.35. The fraction of sp³-hybridized carbons (Fsp3) is 0.391. The minimum Gasteiger partial charge on any atom is -0.394 e. The lowest BCUT2D eigenvalue weighted by Crippen LogP contribution is -2.55. The summed E-state index contributed by atoms with van der Waals surface area (Å²) in [6, 6.07) is 5.20. The Kier molecular flexibility index (Phi) is 6.74. The summed E-state index contributed by atoms with van der Waals surface area (Å²) < 4.78 is 5.68. The molecule has 2 aromatic rings. The normalized spacial score (nSPS) is 33.2. The van der Waals surface area contributed by atoms with Crippen molar-refractivity contribution in [2.75, 3.05) is 6.61 Å². The van der Waals surface area contributed by atoms with E-state index in [1.54, 1.807) is 30.0 Å². The van der Waals surface area contributed by atoms with E-state index in [9.17, 15) is 20.4 Å². The highest BCUT2D eigenvalue weighted by Gasteiger charge is 2.44. The fourth-order valence-corrected chi connectivity index (χ4v) is 6.63. The quantitative estimate of drug-likeness (QED) is 0.489. The molecule has 2 unspecified atom stereocenters. The highest BCUT2D eigenvalue weighted by molar-refractivity contribution is 8.09. The maximum atomic E-state index is 10.4. The molecule has 2 aliphatic heterocycles. The number of fused-ring (bicyclic) bond motifs is 1.